The third-order valence-corrected chi connectivity index (χ3v) is 6.23. The maximum Gasteiger partial charge on any atom is 0.202 e. The van der Waals surface area contributed by atoms with E-state index in [-0.39, 0.29) is 23.1 Å². The number of aliphatic hydroxyl groups is 4. The summed E-state index contributed by atoms with van der Waals surface area (Å²) in [6.45, 7) is 1.30. The minimum Gasteiger partial charge on any atom is -0.515 e. The summed E-state index contributed by atoms with van der Waals surface area (Å²) in [6.07, 6.45) is 1.21. The Kier molecular flexibility index (Phi) is 4.33. The molecule has 8 heteroatoms. The van der Waals surface area contributed by atoms with E-state index in [1.165, 1.54) is 6.92 Å². The number of rotatable bonds is 0. The van der Waals surface area contributed by atoms with Crippen LogP contribution in [0.15, 0.2) is 44.2 Å². The van der Waals surface area contributed by atoms with E-state index in [4.69, 9.17) is 5.73 Å². The van der Waals surface area contributed by atoms with Crippen LogP contribution in [0.1, 0.15) is 19.8 Å². The van der Waals surface area contributed by atoms with Crippen molar-refractivity contribution in [3.63, 3.8) is 0 Å². The molecule has 0 radical (unpaired) electrons. The van der Waals surface area contributed by atoms with Gasteiger partial charge in [-0.1, -0.05) is 22.6 Å². The summed E-state index contributed by atoms with van der Waals surface area (Å²) in [7, 11) is 0. The minimum absolute atomic E-state index is 0.0538. The molecule has 3 unspecified atom stereocenters. The van der Waals surface area contributed by atoms with Gasteiger partial charge in [-0.15, -0.1) is 0 Å². The summed E-state index contributed by atoms with van der Waals surface area (Å²) in [4.78, 5) is 25.2. The van der Waals surface area contributed by atoms with E-state index < -0.39 is 46.6 Å². The Balaban J connectivity index is 2.24. The molecule has 25 heavy (non-hydrogen) atoms. The van der Waals surface area contributed by atoms with Gasteiger partial charge in [-0.3, -0.25) is 9.59 Å². The lowest BCUT2D eigenvalue weighted by atomic mass is 9.58. The van der Waals surface area contributed by atoms with Gasteiger partial charge in [-0.05, 0) is 35.3 Å². The van der Waals surface area contributed by atoms with Crippen LogP contribution in [0, 0.1) is 11.8 Å². The molecule has 0 amide bonds. The third-order valence-electron chi connectivity index (χ3n) is 5.48. The predicted octanol–water partition coefficient (Wildman–Crippen LogP) is 1.64. The number of nitrogens with two attached hydrogens (primary N) is 1. The maximum absolute atomic E-state index is 13.0. The normalized spacial score (nSPS) is 39.1. The largest absolute Gasteiger partial charge is 0.515 e. The first-order chi connectivity index (χ1) is 11.7. The zero-order valence-corrected chi connectivity index (χ0v) is 15.5. The number of carbonyl (C=O) groups excluding carboxylic acids is 2. The fourth-order valence-corrected chi connectivity index (χ4v) is 4.67. The van der Waals surface area contributed by atoms with Gasteiger partial charge in [-0.25, -0.2) is 0 Å². The van der Waals surface area contributed by atoms with Gasteiger partial charge in [0.15, 0.2) is 11.4 Å². The molecule has 0 bridgehead atoms. The van der Waals surface area contributed by atoms with Crippen molar-refractivity contribution in [2.75, 3.05) is 0 Å². The third kappa shape index (κ3) is 2.24. The average Bonchev–Trinajstić information content (AvgIpc) is 2.60. The summed E-state index contributed by atoms with van der Waals surface area (Å²) >= 11 is 1.97. The Morgan fingerprint density at radius 3 is 2.52 bits per heavy atom. The van der Waals surface area contributed by atoms with Crippen LogP contribution < -0.4 is 5.73 Å². The van der Waals surface area contributed by atoms with E-state index in [1.807, 2.05) is 22.6 Å². The van der Waals surface area contributed by atoms with Gasteiger partial charge in [0.25, 0.3) is 0 Å². The SMILES string of the molecule is CC1=C(O)[C@@]2(O)C(=O)C3=C(O)C(=C\O)/C(=C/I)CC3CC2C(N)C1=O. The highest BCUT2D eigenvalue weighted by Gasteiger charge is 2.61. The maximum atomic E-state index is 13.0. The van der Waals surface area contributed by atoms with Gasteiger partial charge in [0, 0.05) is 17.1 Å². The molecule has 1 fully saturated rings. The molecule has 1 saturated carbocycles. The molecule has 0 aliphatic heterocycles. The van der Waals surface area contributed by atoms with Crippen LogP contribution >= 0.6 is 22.6 Å². The molecule has 3 aliphatic rings. The zero-order chi connectivity index (χ0) is 18.7. The number of fused-ring (bicyclic) bond motifs is 2. The molecule has 0 heterocycles. The van der Waals surface area contributed by atoms with Crippen LogP contribution in [0.2, 0.25) is 0 Å². The van der Waals surface area contributed by atoms with Gasteiger partial charge in [0.05, 0.1) is 17.9 Å². The van der Waals surface area contributed by atoms with Crippen molar-refractivity contribution in [2.45, 2.75) is 31.4 Å². The molecule has 4 atom stereocenters. The summed E-state index contributed by atoms with van der Waals surface area (Å²) < 4.78 is 1.69. The zero-order valence-electron chi connectivity index (χ0n) is 13.4. The second-order valence-electron chi connectivity index (χ2n) is 6.64. The summed E-state index contributed by atoms with van der Waals surface area (Å²) in [5, 5.41) is 41.2. The molecule has 0 aromatic rings. The molecule has 0 aromatic heterocycles. The van der Waals surface area contributed by atoms with Crippen LogP contribution in [0.3, 0.4) is 0 Å². The van der Waals surface area contributed by atoms with Gasteiger partial charge in [0.1, 0.15) is 11.5 Å². The monoisotopic (exact) mass is 459 g/mol. The van der Waals surface area contributed by atoms with Gasteiger partial charge in [-0.2, -0.15) is 0 Å². The Morgan fingerprint density at radius 2 is 1.96 bits per heavy atom. The van der Waals surface area contributed by atoms with Crippen molar-refractivity contribution < 1.29 is 30.0 Å². The average molecular weight is 459 g/mol. The topological polar surface area (TPSA) is 141 Å². The smallest absolute Gasteiger partial charge is 0.202 e. The molecule has 6 N–H and O–H groups in total. The Morgan fingerprint density at radius 1 is 1.32 bits per heavy atom. The van der Waals surface area contributed by atoms with Crippen LogP contribution in [0.25, 0.3) is 0 Å². The molecule has 0 saturated heterocycles. The number of carbonyl (C=O) groups is 2. The molecular formula is C17H18INO6. The Labute approximate surface area is 157 Å². The Bertz CT molecular complexity index is 808. The number of aliphatic hydroxyl groups excluding tert-OH is 3. The number of halogens is 1. The Hall–Kier alpha value is -1.65. The van der Waals surface area contributed by atoms with Crippen molar-refractivity contribution >= 4 is 34.2 Å². The molecular weight excluding hydrogens is 441 g/mol. The van der Waals surface area contributed by atoms with Crippen LogP contribution in [0.4, 0.5) is 0 Å². The van der Waals surface area contributed by atoms with Crippen molar-refractivity contribution in [1.29, 1.82) is 0 Å². The van der Waals surface area contributed by atoms with Crippen molar-refractivity contribution in [1.82, 2.24) is 0 Å². The fourth-order valence-electron chi connectivity index (χ4n) is 4.09. The molecule has 0 aromatic carbocycles. The van der Waals surface area contributed by atoms with E-state index in [0.29, 0.717) is 18.3 Å². The molecule has 134 valence electrons. The van der Waals surface area contributed by atoms with E-state index in [1.54, 1.807) is 4.08 Å². The van der Waals surface area contributed by atoms with E-state index in [2.05, 4.69) is 0 Å². The molecule has 0 spiro atoms. The lowest BCUT2D eigenvalue weighted by Crippen LogP contribution is -2.64. The minimum atomic E-state index is -2.34. The van der Waals surface area contributed by atoms with Crippen molar-refractivity contribution in [3.05, 3.63) is 44.2 Å². The fraction of sp³-hybridized carbons (Fsp3) is 0.412. The number of hydrogen-bond donors (Lipinski definition) is 5. The van der Waals surface area contributed by atoms with Gasteiger partial charge in [0.2, 0.25) is 5.78 Å². The number of ketones is 2. The highest BCUT2D eigenvalue weighted by atomic mass is 127. The highest BCUT2D eigenvalue weighted by molar-refractivity contribution is 14.1. The number of allylic oxidation sites excluding steroid dienone is 1. The summed E-state index contributed by atoms with van der Waals surface area (Å²) in [6, 6.07) is -1.12. The molecule has 3 rings (SSSR count). The highest BCUT2D eigenvalue weighted by Crippen LogP contribution is 2.51. The van der Waals surface area contributed by atoms with Gasteiger partial charge >= 0.3 is 0 Å². The lowest BCUT2D eigenvalue weighted by molar-refractivity contribution is -0.149. The number of hydrogen-bond acceptors (Lipinski definition) is 7. The van der Waals surface area contributed by atoms with Crippen LogP contribution in [-0.4, -0.2) is 43.6 Å². The quantitative estimate of drug-likeness (QED) is 0.274. The van der Waals surface area contributed by atoms with Crippen LogP contribution in [0.5, 0.6) is 0 Å². The first kappa shape index (κ1) is 18.2. The predicted molar refractivity (Wildman–Crippen MR) is 97.0 cm³/mol. The molecule has 7 nitrogen and oxygen atoms in total. The first-order valence-corrected chi connectivity index (χ1v) is 8.99. The van der Waals surface area contributed by atoms with E-state index in [9.17, 15) is 30.0 Å². The second-order valence-corrected chi connectivity index (χ2v) is 7.26. The van der Waals surface area contributed by atoms with Crippen molar-refractivity contribution in [2.24, 2.45) is 17.6 Å². The lowest BCUT2D eigenvalue weighted by Gasteiger charge is -2.48. The standard InChI is InChI=1S/C17H18INO6/c1-6-13(21)12(19)10-3-7-2-8(4-18)9(5-20)14(22)11(7)16(24)17(10,25)15(6)23/h4-5,7,10,12,20,22-23,25H,2-3,19H2,1H3/b8-4+,9-5-/t7?,10?,12?,17-/m1/s1. The second kappa shape index (κ2) is 5.96. The van der Waals surface area contributed by atoms with Gasteiger partial charge < -0.3 is 26.2 Å². The first-order valence-electron chi connectivity index (χ1n) is 7.74. The molecule has 3 aliphatic carbocycles. The van der Waals surface area contributed by atoms with Crippen LogP contribution in [-0.2, 0) is 9.59 Å². The van der Waals surface area contributed by atoms with E-state index >= 15 is 0 Å². The van der Waals surface area contributed by atoms with Crippen molar-refractivity contribution in [3.8, 4) is 0 Å². The van der Waals surface area contributed by atoms with E-state index in [0.717, 1.165) is 0 Å². The number of Topliss-reactive ketones (excluding diaryl/α,β-unsaturated/α-hetero) is 2. The summed E-state index contributed by atoms with van der Waals surface area (Å²) in [5.74, 6) is -3.96. The summed E-state index contributed by atoms with van der Waals surface area (Å²) in [5.41, 5.74) is 4.15.